The summed E-state index contributed by atoms with van der Waals surface area (Å²) >= 11 is 12.3. The summed E-state index contributed by atoms with van der Waals surface area (Å²) in [5, 5.41) is 5.01. The van der Waals surface area contributed by atoms with Gasteiger partial charge in [0.05, 0.1) is 33.4 Å². The smallest absolute Gasteiger partial charge is 0.264 e. The molecule has 0 saturated carbocycles. The third-order valence-electron chi connectivity index (χ3n) is 6.08. The summed E-state index contributed by atoms with van der Waals surface area (Å²) in [5.74, 6) is -0.282. The van der Waals surface area contributed by atoms with E-state index >= 15 is 0 Å². The van der Waals surface area contributed by atoms with Crippen LogP contribution in [0.5, 0.6) is 5.75 Å². The lowest BCUT2D eigenvalue weighted by molar-refractivity contribution is -0.119. The zero-order chi connectivity index (χ0) is 28.9. The highest BCUT2D eigenvalue weighted by Gasteiger charge is 2.29. The number of aryl methyl sites for hydroxylation is 1. The maximum absolute atomic E-state index is 13.6. The number of benzene rings is 3. The molecule has 1 heterocycles. The van der Waals surface area contributed by atoms with Gasteiger partial charge in [0, 0.05) is 22.6 Å². The number of hydrogen-bond acceptors (Lipinski definition) is 5. The number of carbonyl (C=O) groups is 1. The van der Waals surface area contributed by atoms with Crippen molar-refractivity contribution >= 4 is 51.0 Å². The molecule has 0 unspecified atom stereocenters. The van der Waals surface area contributed by atoms with Crippen molar-refractivity contribution in [2.45, 2.75) is 25.7 Å². The zero-order valence-electron chi connectivity index (χ0n) is 22.1. The number of amides is 1. The quantitative estimate of drug-likeness (QED) is 0.175. The Morgan fingerprint density at radius 1 is 1.00 bits per heavy atom. The van der Waals surface area contributed by atoms with E-state index in [1.807, 2.05) is 30.5 Å². The first-order valence-corrected chi connectivity index (χ1v) is 14.6. The van der Waals surface area contributed by atoms with Gasteiger partial charge < -0.3 is 9.30 Å². The van der Waals surface area contributed by atoms with Crippen molar-refractivity contribution in [1.29, 1.82) is 0 Å². The van der Waals surface area contributed by atoms with Gasteiger partial charge in [-0.3, -0.25) is 9.10 Å². The fourth-order valence-corrected chi connectivity index (χ4v) is 5.98. The third kappa shape index (κ3) is 6.33. The number of anilines is 1. The van der Waals surface area contributed by atoms with Gasteiger partial charge in [-0.2, -0.15) is 5.10 Å². The summed E-state index contributed by atoms with van der Waals surface area (Å²) in [6.07, 6.45) is 1.51. The van der Waals surface area contributed by atoms with Crippen LogP contribution in [-0.2, 0) is 14.8 Å². The van der Waals surface area contributed by atoms with E-state index in [-0.39, 0.29) is 10.6 Å². The number of aromatic nitrogens is 1. The number of rotatable bonds is 10. The molecule has 4 rings (SSSR count). The van der Waals surface area contributed by atoms with E-state index in [9.17, 15) is 13.2 Å². The van der Waals surface area contributed by atoms with Crippen molar-refractivity contribution in [3.63, 3.8) is 0 Å². The van der Waals surface area contributed by atoms with Crippen molar-refractivity contribution in [2.75, 3.05) is 17.5 Å². The predicted molar refractivity (Wildman–Crippen MR) is 160 cm³/mol. The van der Waals surface area contributed by atoms with Gasteiger partial charge >= 0.3 is 0 Å². The highest BCUT2D eigenvalue weighted by molar-refractivity contribution is 7.92. The molecule has 0 aliphatic carbocycles. The molecule has 1 N–H and O–H groups in total. The Kier molecular flexibility index (Phi) is 9.19. The maximum atomic E-state index is 13.6. The molecule has 1 amide bonds. The Balaban J connectivity index is 1.58. The minimum Gasteiger partial charge on any atom is -0.492 e. The van der Waals surface area contributed by atoms with Gasteiger partial charge in [0.1, 0.15) is 12.3 Å². The van der Waals surface area contributed by atoms with Crippen molar-refractivity contribution in [1.82, 2.24) is 9.99 Å². The van der Waals surface area contributed by atoms with Gasteiger partial charge in [-0.05, 0) is 69.3 Å². The van der Waals surface area contributed by atoms with Gasteiger partial charge in [0.2, 0.25) is 0 Å². The van der Waals surface area contributed by atoms with E-state index in [4.69, 9.17) is 27.9 Å². The average Bonchev–Trinajstić information content (AvgIpc) is 3.22. The molecule has 40 heavy (non-hydrogen) atoms. The Morgan fingerprint density at radius 2 is 1.70 bits per heavy atom. The lowest BCUT2D eigenvalue weighted by Gasteiger charge is -2.25. The molecule has 208 valence electrons. The molecule has 0 radical (unpaired) electrons. The number of nitrogens with zero attached hydrogens (tertiary/aromatic N) is 3. The van der Waals surface area contributed by atoms with Gasteiger partial charge in [0.15, 0.2) is 0 Å². The van der Waals surface area contributed by atoms with Crippen LogP contribution >= 0.6 is 23.2 Å². The summed E-state index contributed by atoms with van der Waals surface area (Å²) in [6.45, 7) is 5.46. The van der Waals surface area contributed by atoms with Crippen LogP contribution in [0.1, 0.15) is 23.9 Å². The topological polar surface area (TPSA) is 93.0 Å². The zero-order valence-corrected chi connectivity index (χ0v) is 24.5. The maximum Gasteiger partial charge on any atom is 0.264 e. The molecule has 0 aliphatic heterocycles. The fraction of sp³-hybridized carbons (Fsp3) is 0.172. The van der Waals surface area contributed by atoms with E-state index in [1.54, 1.807) is 61.5 Å². The second kappa shape index (κ2) is 12.6. The van der Waals surface area contributed by atoms with Crippen molar-refractivity contribution in [2.24, 2.45) is 5.10 Å². The van der Waals surface area contributed by atoms with E-state index in [1.165, 1.54) is 18.3 Å². The Labute approximate surface area is 243 Å². The molecule has 0 fully saturated rings. The van der Waals surface area contributed by atoms with Crippen LogP contribution in [0.15, 0.2) is 88.9 Å². The van der Waals surface area contributed by atoms with Gasteiger partial charge in [-0.1, -0.05) is 53.5 Å². The number of nitrogens with one attached hydrogen (secondary N) is 1. The second-order valence-electron chi connectivity index (χ2n) is 8.78. The highest BCUT2D eigenvalue weighted by atomic mass is 35.5. The molecular formula is C29H28Cl2N4O4S. The lowest BCUT2D eigenvalue weighted by atomic mass is 10.2. The summed E-state index contributed by atoms with van der Waals surface area (Å²) in [6, 6.07) is 21.9. The number of halogens is 2. The fourth-order valence-electron chi connectivity index (χ4n) is 4.24. The van der Waals surface area contributed by atoms with Crippen molar-refractivity contribution in [3.05, 3.63) is 106 Å². The number of para-hydroxylation sites is 2. The Morgan fingerprint density at radius 3 is 2.40 bits per heavy atom. The van der Waals surface area contributed by atoms with E-state index in [2.05, 4.69) is 10.5 Å². The number of hydrogen-bond donors (Lipinski definition) is 1. The summed E-state index contributed by atoms with van der Waals surface area (Å²) in [5.41, 5.74) is 6.10. The van der Waals surface area contributed by atoms with Crippen molar-refractivity contribution in [3.8, 4) is 11.4 Å². The molecule has 0 bridgehead atoms. The largest absolute Gasteiger partial charge is 0.492 e. The van der Waals surface area contributed by atoms with Crippen LogP contribution in [0.3, 0.4) is 0 Å². The Bertz CT molecular complexity index is 1650. The van der Waals surface area contributed by atoms with Crippen molar-refractivity contribution < 1.29 is 17.9 Å². The van der Waals surface area contributed by atoms with Crippen LogP contribution in [0, 0.1) is 13.8 Å². The Hall–Kier alpha value is -3.79. The first-order chi connectivity index (χ1) is 19.1. The first-order valence-electron chi connectivity index (χ1n) is 12.4. The number of carbonyl (C=O) groups excluding carboxylic acids is 1. The van der Waals surface area contributed by atoms with Crippen LogP contribution in [0.2, 0.25) is 10.0 Å². The van der Waals surface area contributed by atoms with Gasteiger partial charge in [0.25, 0.3) is 15.9 Å². The molecule has 1 aromatic heterocycles. The number of sulfonamides is 1. The molecule has 0 saturated heterocycles. The second-order valence-corrected chi connectivity index (χ2v) is 11.5. The van der Waals surface area contributed by atoms with E-state index in [0.717, 1.165) is 26.9 Å². The first kappa shape index (κ1) is 29.2. The van der Waals surface area contributed by atoms with Crippen LogP contribution in [0.25, 0.3) is 5.69 Å². The third-order valence-corrected chi connectivity index (χ3v) is 8.59. The summed E-state index contributed by atoms with van der Waals surface area (Å²) in [7, 11) is -4.10. The van der Waals surface area contributed by atoms with Crippen LogP contribution < -0.4 is 14.5 Å². The van der Waals surface area contributed by atoms with Gasteiger partial charge in [-0.25, -0.2) is 13.8 Å². The summed E-state index contributed by atoms with van der Waals surface area (Å²) < 4.78 is 35.9. The molecule has 4 aromatic rings. The van der Waals surface area contributed by atoms with Gasteiger partial charge in [-0.15, -0.1) is 0 Å². The monoisotopic (exact) mass is 598 g/mol. The van der Waals surface area contributed by atoms with Crippen LogP contribution in [0.4, 0.5) is 5.69 Å². The lowest BCUT2D eigenvalue weighted by Crippen LogP contribution is -2.39. The normalized spacial score (nSPS) is 11.5. The minimum absolute atomic E-state index is 0.0485. The average molecular weight is 600 g/mol. The molecule has 11 heteroatoms. The van der Waals surface area contributed by atoms with Crippen LogP contribution in [-0.4, -0.2) is 38.3 Å². The molecular weight excluding hydrogens is 571 g/mol. The summed E-state index contributed by atoms with van der Waals surface area (Å²) in [4.78, 5) is 13.1. The number of ether oxygens (including phenoxy) is 1. The molecule has 0 aliphatic rings. The predicted octanol–water partition coefficient (Wildman–Crippen LogP) is 6.15. The van der Waals surface area contributed by atoms with E-state index < -0.39 is 22.5 Å². The standard InChI is InChI=1S/C29H28Cl2N4O4S/c1-4-39-28-13-9-8-12-27(28)34(40(37,38)24-10-6-5-7-11-24)19-29(36)33-32-18-22-16-20(2)35(21(22)3)23-14-15-25(30)26(31)17-23/h5-18H,4,19H2,1-3H3,(H,33,36)/b32-18+. The van der Waals surface area contributed by atoms with E-state index in [0.29, 0.717) is 22.4 Å². The highest BCUT2D eigenvalue weighted by Crippen LogP contribution is 2.32. The SMILES string of the molecule is CCOc1ccccc1N(CC(=O)N/N=C/c1cc(C)n(-c2ccc(Cl)c(Cl)c2)c1C)S(=O)(=O)c1ccccc1. The molecule has 0 spiro atoms. The minimum atomic E-state index is -4.10. The number of hydrazone groups is 1. The molecule has 0 atom stereocenters. The molecule has 8 nitrogen and oxygen atoms in total. The molecule has 3 aromatic carbocycles.